The summed E-state index contributed by atoms with van der Waals surface area (Å²) in [7, 11) is 1.63. The molecule has 1 aliphatic heterocycles. The molecule has 20 heavy (non-hydrogen) atoms. The molecular weight excluding hydrogens is 256 g/mol. The average molecular weight is 278 g/mol. The van der Waals surface area contributed by atoms with E-state index in [4.69, 9.17) is 9.47 Å². The summed E-state index contributed by atoms with van der Waals surface area (Å²) in [5, 5.41) is 6.32. The Balaban J connectivity index is 1.65. The van der Waals surface area contributed by atoms with Crippen LogP contribution in [-0.4, -0.2) is 38.8 Å². The first-order valence-corrected chi connectivity index (χ1v) is 7.05. The third-order valence-corrected chi connectivity index (χ3v) is 3.36. The largest absolute Gasteiger partial charge is 0.497 e. The van der Waals surface area contributed by atoms with Gasteiger partial charge in [-0.25, -0.2) is 0 Å². The number of hydrogen-bond donors (Lipinski definition) is 2. The first-order valence-electron chi connectivity index (χ1n) is 7.05. The quantitative estimate of drug-likeness (QED) is 0.824. The Bertz CT molecular complexity index is 414. The lowest BCUT2D eigenvalue weighted by molar-refractivity contribution is -0.122. The van der Waals surface area contributed by atoms with Crippen molar-refractivity contribution in [3.05, 3.63) is 24.3 Å². The molecule has 0 spiro atoms. The van der Waals surface area contributed by atoms with Gasteiger partial charge in [-0.15, -0.1) is 0 Å². The molecule has 110 valence electrons. The van der Waals surface area contributed by atoms with Crippen molar-refractivity contribution in [3.8, 4) is 11.5 Å². The molecule has 1 fully saturated rings. The van der Waals surface area contributed by atoms with E-state index in [9.17, 15) is 4.79 Å². The number of hydrogen-bond acceptors (Lipinski definition) is 4. The van der Waals surface area contributed by atoms with Gasteiger partial charge in [0.15, 0.2) is 0 Å². The second-order valence-electron chi connectivity index (χ2n) is 4.87. The molecule has 5 heteroatoms. The molecule has 1 aromatic carbocycles. The topological polar surface area (TPSA) is 59.6 Å². The molecule has 0 aromatic heterocycles. The van der Waals surface area contributed by atoms with Gasteiger partial charge in [0.1, 0.15) is 11.5 Å². The molecule has 1 saturated heterocycles. The summed E-state index contributed by atoms with van der Waals surface area (Å²) in [4.78, 5) is 11.8. The SMILES string of the molecule is COc1ccc(OCCC(=O)NC2CCNCC2)cc1. The summed E-state index contributed by atoms with van der Waals surface area (Å²) in [6.07, 6.45) is 2.39. The highest BCUT2D eigenvalue weighted by molar-refractivity contribution is 5.76. The molecule has 2 rings (SSSR count). The average Bonchev–Trinajstić information content (AvgIpc) is 2.49. The summed E-state index contributed by atoms with van der Waals surface area (Å²) in [6.45, 7) is 2.35. The fraction of sp³-hybridized carbons (Fsp3) is 0.533. The van der Waals surface area contributed by atoms with E-state index < -0.39 is 0 Å². The van der Waals surface area contributed by atoms with Crippen LogP contribution in [-0.2, 0) is 4.79 Å². The molecule has 0 bridgehead atoms. The number of methoxy groups -OCH3 is 1. The number of nitrogens with one attached hydrogen (secondary N) is 2. The van der Waals surface area contributed by atoms with Gasteiger partial charge in [0.2, 0.25) is 5.91 Å². The monoisotopic (exact) mass is 278 g/mol. The number of benzene rings is 1. The van der Waals surface area contributed by atoms with Crippen LogP contribution in [0.1, 0.15) is 19.3 Å². The van der Waals surface area contributed by atoms with E-state index in [1.54, 1.807) is 7.11 Å². The van der Waals surface area contributed by atoms with Crippen molar-refractivity contribution in [2.75, 3.05) is 26.8 Å². The van der Waals surface area contributed by atoms with Gasteiger partial charge in [-0.05, 0) is 50.2 Å². The van der Waals surface area contributed by atoms with Gasteiger partial charge in [-0.2, -0.15) is 0 Å². The molecule has 0 aliphatic carbocycles. The Labute approximate surface area is 119 Å². The fourth-order valence-corrected chi connectivity index (χ4v) is 2.20. The standard InChI is InChI=1S/C15H22N2O3/c1-19-13-2-4-14(5-3-13)20-11-8-15(18)17-12-6-9-16-10-7-12/h2-5,12,16H,6-11H2,1H3,(H,17,18). The van der Waals surface area contributed by atoms with E-state index >= 15 is 0 Å². The van der Waals surface area contributed by atoms with Crippen molar-refractivity contribution in [1.82, 2.24) is 10.6 Å². The maximum atomic E-state index is 11.8. The van der Waals surface area contributed by atoms with Crippen molar-refractivity contribution >= 4 is 5.91 Å². The molecular formula is C15H22N2O3. The normalized spacial score (nSPS) is 15.7. The van der Waals surface area contributed by atoms with Crippen molar-refractivity contribution in [2.45, 2.75) is 25.3 Å². The third kappa shape index (κ3) is 4.74. The Hall–Kier alpha value is -1.75. The van der Waals surface area contributed by atoms with Crippen LogP contribution in [0, 0.1) is 0 Å². The van der Waals surface area contributed by atoms with Gasteiger partial charge in [0, 0.05) is 6.04 Å². The predicted octanol–water partition coefficient (Wildman–Crippen LogP) is 1.33. The van der Waals surface area contributed by atoms with Crippen LogP contribution in [0.3, 0.4) is 0 Å². The number of piperidine rings is 1. The third-order valence-electron chi connectivity index (χ3n) is 3.36. The molecule has 0 unspecified atom stereocenters. The van der Waals surface area contributed by atoms with Gasteiger partial charge in [-0.1, -0.05) is 0 Å². The maximum absolute atomic E-state index is 11.8. The van der Waals surface area contributed by atoms with E-state index in [1.165, 1.54) is 0 Å². The molecule has 1 heterocycles. The summed E-state index contributed by atoms with van der Waals surface area (Å²) in [6, 6.07) is 7.66. The van der Waals surface area contributed by atoms with E-state index in [0.29, 0.717) is 19.1 Å². The van der Waals surface area contributed by atoms with Crippen LogP contribution in [0.25, 0.3) is 0 Å². The lowest BCUT2D eigenvalue weighted by Crippen LogP contribution is -2.43. The van der Waals surface area contributed by atoms with Crippen LogP contribution in [0.4, 0.5) is 0 Å². The molecule has 0 saturated carbocycles. The Kier molecular flexibility index (Phi) is 5.68. The zero-order valence-electron chi connectivity index (χ0n) is 11.9. The number of ether oxygens (including phenoxy) is 2. The fourth-order valence-electron chi connectivity index (χ4n) is 2.20. The first kappa shape index (κ1) is 14.7. The summed E-state index contributed by atoms with van der Waals surface area (Å²) in [5.74, 6) is 1.60. The predicted molar refractivity (Wildman–Crippen MR) is 77.1 cm³/mol. The van der Waals surface area contributed by atoms with E-state index in [2.05, 4.69) is 10.6 Å². The van der Waals surface area contributed by atoms with Gasteiger partial charge >= 0.3 is 0 Å². The van der Waals surface area contributed by atoms with E-state index in [-0.39, 0.29) is 5.91 Å². The number of amides is 1. The highest BCUT2D eigenvalue weighted by atomic mass is 16.5. The summed E-state index contributed by atoms with van der Waals surface area (Å²) in [5.41, 5.74) is 0. The minimum Gasteiger partial charge on any atom is -0.497 e. The molecule has 0 radical (unpaired) electrons. The van der Waals surface area contributed by atoms with Gasteiger partial charge in [-0.3, -0.25) is 4.79 Å². The Morgan fingerprint density at radius 3 is 2.55 bits per heavy atom. The lowest BCUT2D eigenvalue weighted by atomic mass is 10.1. The second-order valence-corrected chi connectivity index (χ2v) is 4.87. The highest BCUT2D eigenvalue weighted by Gasteiger charge is 2.14. The Morgan fingerprint density at radius 2 is 1.90 bits per heavy atom. The summed E-state index contributed by atoms with van der Waals surface area (Å²) >= 11 is 0. The minimum atomic E-state index is 0.0606. The molecule has 2 N–H and O–H groups in total. The zero-order valence-corrected chi connectivity index (χ0v) is 11.9. The summed E-state index contributed by atoms with van der Waals surface area (Å²) < 4.78 is 10.6. The van der Waals surface area contributed by atoms with Crippen LogP contribution in [0.15, 0.2) is 24.3 Å². The minimum absolute atomic E-state index is 0.0606. The maximum Gasteiger partial charge on any atom is 0.223 e. The van der Waals surface area contributed by atoms with Gasteiger partial charge in [0.05, 0.1) is 20.1 Å². The van der Waals surface area contributed by atoms with Crippen molar-refractivity contribution in [2.24, 2.45) is 0 Å². The van der Waals surface area contributed by atoms with Crippen LogP contribution < -0.4 is 20.1 Å². The van der Waals surface area contributed by atoms with Crippen LogP contribution >= 0.6 is 0 Å². The molecule has 1 aromatic rings. The van der Waals surface area contributed by atoms with E-state index in [0.717, 1.165) is 37.4 Å². The van der Waals surface area contributed by atoms with Gasteiger partial charge < -0.3 is 20.1 Å². The zero-order chi connectivity index (χ0) is 14.2. The van der Waals surface area contributed by atoms with Crippen LogP contribution in [0.2, 0.25) is 0 Å². The van der Waals surface area contributed by atoms with E-state index in [1.807, 2.05) is 24.3 Å². The second kappa shape index (κ2) is 7.75. The lowest BCUT2D eigenvalue weighted by Gasteiger charge is -2.23. The van der Waals surface area contributed by atoms with Crippen molar-refractivity contribution in [1.29, 1.82) is 0 Å². The molecule has 1 amide bonds. The smallest absolute Gasteiger partial charge is 0.223 e. The van der Waals surface area contributed by atoms with Crippen molar-refractivity contribution < 1.29 is 14.3 Å². The number of carbonyl (C=O) groups is 1. The number of rotatable bonds is 6. The number of carbonyl (C=O) groups excluding carboxylic acids is 1. The molecule has 1 aliphatic rings. The van der Waals surface area contributed by atoms with Crippen LogP contribution in [0.5, 0.6) is 11.5 Å². The first-order chi connectivity index (χ1) is 9.78. The Morgan fingerprint density at radius 1 is 1.25 bits per heavy atom. The molecule has 5 nitrogen and oxygen atoms in total. The van der Waals surface area contributed by atoms with Gasteiger partial charge in [0.25, 0.3) is 0 Å². The van der Waals surface area contributed by atoms with Crippen molar-refractivity contribution in [3.63, 3.8) is 0 Å². The molecule has 0 atom stereocenters. The highest BCUT2D eigenvalue weighted by Crippen LogP contribution is 2.17.